The number of halogens is 1. The zero-order valence-corrected chi connectivity index (χ0v) is 19.4. The van der Waals surface area contributed by atoms with Gasteiger partial charge < -0.3 is 5.11 Å². The van der Waals surface area contributed by atoms with Crippen molar-refractivity contribution < 1.29 is 17.9 Å². The maximum atomic E-state index is 14.3. The average molecular weight is 452 g/mol. The van der Waals surface area contributed by atoms with E-state index in [4.69, 9.17) is 0 Å². The molecule has 0 atom stereocenters. The molecule has 0 aliphatic heterocycles. The monoisotopic (exact) mass is 451 g/mol. The molecule has 1 aromatic carbocycles. The van der Waals surface area contributed by atoms with Gasteiger partial charge in [-0.15, -0.1) is 11.3 Å². The molecule has 0 aliphatic carbocycles. The van der Waals surface area contributed by atoms with Crippen LogP contribution in [0.3, 0.4) is 0 Å². The summed E-state index contributed by atoms with van der Waals surface area (Å²) >= 11 is 0.948. The summed E-state index contributed by atoms with van der Waals surface area (Å²) in [4.78, 5) is 4.13. The predicted octanol–water partition coefficient (Wildman–Crippen LogP) is 4.98. The Bertz CT molecular complexity index is 1140. The molecule has 9 heteroatoms. The SMILES string of the molecule is CC(C)c1cc(F)cc(C(C)C)c1-c1n[nH]cc1S(=O)(=O)c1nc(C(C)(C)O)cs1. The van der Waals surface area contributed by atoms with Crippen molar-refractivity contribution in [3.63, 3.8) is 0 Å². The topological polar surface area (TPSA) is 95.9 Å². The highest BCUT2D eigenvalue weighted by atomic mass is 32.2. The number of thiazole rings is 1. The normalized spacial score (nSPS) is 12.9. The number of aromatic nitrogens is 3. The van der Waals surface area contributed by atoms with Crippen LogP contribution in [0.1, 0.15) is 70.2 Å². The number of nitrogens with one attached hydrogen (secondary N) is 1. The van der Waals surface area contributed by atoms with Gasteiger partial charge >= 0.3 is 0 Å². The Morgan fingerprint density at radius 3 is 2.17 bits per heavy atom. The number of H-pyrrole nitrogens is 1. The van der Waals surface area contributed by atoms with Crippen LogP contribution in [0, 0.1) is 5.82 Å². The number of aromatic amines is 1. The Labute approximate surface area is 180 Å². The molecule has 0 radical (unpaired) electrons. The quantitative estimate of drug-likeness (QED) is 0.551. The van der Waals surface area contributed by atoms with Crippen molar-refractivity contribution in [2.24, 2.45) is 0 Å². The van der Waals surface area contributed by atoms with E-state index >= 15 is 0 Å². The van der Waals surface area contributed by atoms with Gasteiger partial charge in [0.05, 0.1) is 5.69 Å². The predicted molar refractivity (Wildman–Crippen MR) is 115 cm³/mol. The zero-order valence-electron chi connectivity index (χ0n) is 17.8. The summed E-state index contributed by atoms with van der Waals surface area (Å²) in [5.74, 6) is -0.440. The van der Waals surface area contributed by atoms with E-state index < -0.39 is 15.4 Å². The Hall–Kier alpha value is -2.10. The van der Waals surface area contributed by atoms with Crippen molar-refractivity contribution in [2.45, 2.75) is 68.2 Å². The number of nitrogens with zero attached hydrogens (tertiary/aromatic N) is 2. The van der Waals surface area contributed by atoms with Crippen molar-refractivity contribution in [1.82, 2.24) is 15.2 Å². The van der Waals surface area contributed by atoms with Gasteiger partial charge in [0, 0.05) is 17.1 Å². The Morgan fingerprint density at radius 1 is 1.13 bits per heavy atom. The molecule has 2 N–H and O–H groups in total. The molecule has 0 fully saturated rings. The summed E-state index contributed by atoms with van der Waals surface area (Å²) in [7, 11) is -4.00. The highest BCUT2D eigenvalue weighted by molar-refractivity contribution is 7.93. The summed E-state index contributed by atoms with van der Waals surface area (Å²) in [6.45, 7) is 10.8. The molecule has 6 nitrogen and oxygen atoms in total. The van der Waals surface area contributed by atoms with Crippen molar-refractivity contribution in [1.29, 1.82) is 0 Å². The minimum atomic E-state index is -4.00. The standard InChI is InChI=1S/C21H26FN3O3S2/c1-11(2)14-7-13(22)8-15(12(3)4)18(14)19-16(9-23-25-19)30(27,28)20-24-17(10-29-20)21(5,6)26/h7-12,26H,1-6H3,(H,23,25). The number of hydrogen-bond donors (Lipinski definition) is 2. The molecule has 2 aromatic heterocycles. The van der Waals surface area contributed by atoms with Crippen LogP contribution < -0.4 is 0 Å². The van der Waals surface area contributed by atoms with Gasteiger partial charge in [0.25, 0.3) is 0 Å². The second kappa shape index (κ2) is 7.86. The molecule has 30 heavy (non-hydrogen) atoms. The Morgan fingerprint density at radius 2 is 1.70 bits per heavy atom. The highest BCUT2D eigenvalue weighted by Crippen LogP contribution is 2.40. The molecular weight excluding hydrogens is 425 g/mol. The fraction of sp³-hybridized carbons (Fsp3) is 0.429. The summed E-state index contributed by atoms with van der Waals surface area (Å²) in [6.07, 6.45) is 1.33. The van der Waals surface area contributed by atoms with E-state index in [0.29, 0.717) is 16.7 Å². The van der Waals surface area contributed by atoms with E-state index in [1.54, 1.807) is 13.8 Å². The summed E-state index contributed by atoms with van der Waals surface area (Å²) < 4.78 is 41.0. The first kappa shape index (κ1) is 22.6. The van der Waals surface area contributed by atoms with Gasteiger partial charge in [-0.05, 0) is 48.9 Å². The molecule has 3 rings (SSSR count). The van der Waals surface area contributed by atoms with Crippen molar-refractivity contribution in [2.75, 3.05) is 0 Å². The van der Waals surface area contributed by atoms with Crippen molar-refractivity contribution in [3.05, 3.63) is 46.3 Å². The lowest BCUT2D eigenvalue weighted by Gasteiger charge is -2.19. The third kappa shape index (κ3) is 4.06. The molecular formula is C21H26FN3O3S2. The van der Waals surface area contributed by atoms with Crippen molar-refractivity contribution in [3.8, 4) is 11.3 Å². The number of hydrogen-bond acceptors (Lipinski definition) is 6. The van der Waals surface area contributed by atoms with Gasteiger partial charge in [0.1, 0.15) is 22.0 Å². The first-order valence-electron chi connectivity index (χ1n) is 9.65. The maximum Gasteiger partial charge on any atom is 0.237 e. The van der Waals surface area contributed by atoms with Crippen LogP contribution in [0.5, 0.6) is 0 Å². The number of benzene rings is 1. The minimum Gasteiger partial charge on any atom is -0.384 e. The van der Waals surface area contributed by atoms with Crippen LogP contribution in [0.15, 0.2) is 32.9 Å². The Kier molecular flexibility index (Phi) is 5.92. The third-order valence-electron chi connectivity index (χ3n) is 4.88. The van der Waals surface area contributed by atoms with E-state index in [9.17, 15) is 17.9 Å². The fourth-order valence-electron chi connectivity index (χ4n) is 3.25. The molecule has 0 bridgehead atoms. The molecule has 0 saturated carbocycles. The Balaban J connectivity index is 2.25. The minimum absolute atomic E-state index is 0.0189. The van der Waals surface area contributed by atoms with Gasteiger partial charge in [0.15, 0.2) is 0 Å². The lowest BCUT2D eigenvalue weighted by Crippen LogP contribution is -2.16. The largest absolute Gasteiger partial charge is 0.384 e. The number of sulfone groups is 1. The van der Waals surface area contributed by atoms with Gasteiger partial charge in [0.2, 0.25) is 14.2 Å². The molecule has 162 valence electrons. The van der Waals surface area contributed by atoms with Gasteiger partial charge in [-0.25, -0.2) is 17.8 Å². The lowest BCUT2D eigenvalue weighted by molar-refractivity contribution is 0.0741. The second-order valence-corrected chi connectivity index (χ2v) is 11.4. The van der Waals surface area contributed by atoms with E-state index in [1.165, 1.54) is 23.7 Å². The lowest BCUT2D eigenvalue weighted by atomic mass is 9.87. The van der Waals surface area contributed by atoms with Crippen LogP contribution in [-0.4, -0.2) is 28.7 Å². The van der Waals surface area contributed by atoms with Crippen LogP contribution in [0.2, 0.25) is 0 Å². The summed E-state index contributed by atoms with van der Waals surface area (Å²) in [5, 5.41) is 18.6. The molecule has 2 heterocycles. The van der Waals surface area contributed by atoms with E-state index in [-0.39, 0.29) is 38.3 Å². The van der Waals surface area contributed by atoms with Gasteiger partial charge in [-0.1, -0.05) is 27.7 Å². The first-order chi connectivity index (χ1) is 13.8. The van der Waals surface area contributed by atoms with Crippen LogP contribution in [0.4, 0.5) is 4.39 Å². The molecule has 0 saturated heterocycles. The molecule has 0 unspecified atom stereocenters. The summed E-state index contributed by atoms with van der Waals surface area (Å²) in [5.41, 5.74) is 1.29. The smallest absolute Gasteiger partial charge is 0.237 e. The maximum absolute atomic E-state index is 14.3. The molecule has 0 aliphatic rings. The van der Waals surface area contributed by atoms with E-state index in [0.717, 1.165) is 11.3 Å². The van der Waals surface area contributed by atoms with Crippen LogP contribution >= 0.6 is 11.3 Å². The number of aliphatic hydroxyl groups is 1. The van der Waals surface area contributed by atoms with Gasteiger partial charge in [-0.2, -0.15) is 5.10 Å². The third-order valence-corrected chi connectivity index (χ3v) is 7.90. The van der Waals surface area contributed by atoms with Crippen LogP contribution in [-0.2, 0) is 15.4 Å². The van der Waals surface area contributed by atoms with E-state index in [2.05, 4.69) is 15.2 Å². The average Bonchev–Trinajstić information content (AvgIpc) is 3.30. The molecule has 3 aromatic rings. The highest BCUT2D eigenvalue weighted by Gasteiger charge is 2.32. The number of rotatable bonds is 6. The van der Waals surface area contributed by atoms with E-state index in [1.807, 2.05) is 27.7 Å². The first-order valence-corrected chi connectivity index (χ1v) is 12.0. The fourth-order valence-corrected chi connectivity index (χ4v) is 5.89. The molecule has 0 spiro atoms. The molecule has 0 amide bonds. The van der Waals surface area contributed by atoms with Crippen LogP contribution in [0.25, 0.3) is 11.3 Å². The summed E-state index contributed by atoms with van der Waals surface area (Å²) in [6, 6.07) is 2.87. The zero-order chi connectivity index (χ0) is 22.4. The van der Waals surface area contributed by atoms with Gasteiger partial charge in [-0.3, -0.25) is 5.10 Å². The second-order valence-electron chi connectivity index (χ2n) is 8.43. The van der Waals surface area contributed by atoms with Crippen molar-refractivity contribution >= 4 is 21.2 Å².